The van der Waals surface area contributed by atoms with Crippen LogP contribution in [0.25, 0.3) is 0 Å². The highest BCUT2D eigenvalue weighted by molar-refractivity contribution is 5.80. The molecule has 0 saturated carbocycles. The fraction of sp³-hybridized carbons (Fsp3) is 0.667. The molecule has 2 heterocycles. The summed E-state index contributed by atoms with van der Waals surface area (Å²) in [6.45, 7) is 6.13. The molecule has 8 heteroatoms. The Morgan fingerprint density at radius 2 is 1.92 bits per heavy atom. The van der Waals surface area contributed by atoms with Crippen molar-refractivity contribution in [2.75, 3.05) is 19.6 Å². The van der Waals surface area contributed by atoms with Crippen molar-refractivity contribution in [2.24, 2.45) is 7.05 Å². The molecule has 1 N–H and O–H groups in total. The van der Waals surface area contributed by atoms with E-state index in [0.29, 0.717) is 32.4 Å². The lowest BCUT2D eigenvalue weighted by atomic mass is 10.1. The van der Waals surface area contributed by atoms with Gasteiger partial charge in [-0.15, -0.1) is 0 Å². The minimum absolute atomic E-state index is 0.0532. The van der Waals surface area contributed by atoms with E-state index in [2.05, 4.69) is 5.10 Å². The summed E-state index contributed by atoms with van der Waals surface area (Å²) in [5.41, 5.74) is 2.83. The topological polar surface area (TPSA) is 95.7 Å². The van der Waals surface area contributed by atoms with Crippen molar-refractivity contribution in [2.45, 2.75) is 52.5 Å². The number of rotatable bonds is 5. The van der Waals surface area contributed by atoms with Crippen LogP contribution in [0, 0.1) is 13.8 Å². The molecule has 1 aliphatic heterocycles. The van der Waals surface area contributed by atoms with E-state index < -0.39 is 5.97 Å². The summed E-state index contributed by atoms with van der Waals surface area (Å²) in [6, 6.07) is -0.136. The number of carboxylic acids is 1. The number of hydrogen-bond acceptors (Lipinski definition) is 4. The fourth-order valence-corrected chi connectivity index (χ4v) is 3.62. The van der Waals surface area contributed by atoms with E-state index in [4.69, 9.17) is 5.11 Å². The number of amides is 2. The average Bonchev–Trinajstić information content (AvgIpc) is 2.75. The summed E-state index contributed by atoms with van der Waals surface area (Å²) >= 11 is 0. The predicted molar refractivity (Wildman–Crippen MR) is 95.6 cm³/mol. The maximum Gasteiger partial charge on any atom is 0.323 e. The molecule has 1 aliphatic rings. The third-order valence-corrected chi connectivity index (χ3v) is 5.19. The maximum atomic E-state index is 12.7. The standard InChI is InChI=1S/C18H28N4O4/c1-12-16(13(2)20(4)19-12)10-17(24)21-8-5-6-15(7-9-21)22(14(3)23)11-18(25)26/h15H,5-11H2,1-4H3,(H,25,26). The summed E-state index contributed by atoms with van der Waals surface area (Å²) in [5, 5.41) is 13.4. The first-order chi connectivity index (χ1) is 12.2. The van der Waals surface area contributed by atoms with Crippen LogP contribution in [0.3, 0.4) is 0 Å². The van der Waals surface area contributed by atoms with Crippen molar-refractivity contribution < 1.29 is 19.5 Å². The zero-order chi connectivity index (χ0) is 19.4. The summed E-state index contributed by atoms with van der Waals surface area (Å²) < 4.78 is 1.78. The molecule has 1 atom stereocenters. The van der Waals surface area contributed by atoms with Crippen molar-refractivity contribution in [3.63, 3.8) is 0 Å². The van der Waals surface area contributed by atoms with Gasteiger partial charge in [0.1, 0.15) is 6.54 Å². The molecule has 1 fully saturated rings. The molecule has 0 bridgehead atoms. The van der Waals surface area contributed by atoms with E-state index in [1.54, 1.807) is 4.68 Å². The van der Waals surface area contributed by atoms with Crippen LogP contribution in [0.5, 0.6) is 0 Å². The van der Waals surface area contributed by atoms with E-state index in [0.717, 1.165) is 23.4 Å². The van der Waals surface area contributed by atoms with Gasteiger partial charge >= 0.3 is 5.97 Å². The Morgan fingerprint density at radius 3 is 2.46 bits per heavy atom. The summed E-state index contributed by atoms with van der Waals surface area (Å²) in [5.74, 6) is -1.20. The molecular weight excluding hydrogens is 336 g/mol. The van der Waals surface area contributed by atoms with E-state index >= 15 is 0 Å². The molecule has 1 saturated heterocycles. The van der Waals surface area contributed by atoms with Crippen LogP contribution in [-0.4, -0.2) is 68.1 Å². The molecule has 1 unspecified atom stereocenters. The number of hydrogen-bond donors (Lipinski definition) is 1. The van der Waals surface area contributed by atoms with Crippen molar-refractivity contribution in [3.05, 3.63) is 17.0 Å². The largest absolute Gasteiger partial charge is 0.480 e. The van der Waals surface area contributed by atoms with Gasteiger partial charge in [0, 0.05) is 44.4 Å². The number of carbonyl (C=O) groups excluding carboxylic acids is 2. The number of aromatic nitrogens is 2. The Hall–Kier alpha value is -2.38. The van der Waals surface area contributed by atoms with Crippen LogP contribution in [-0.2, 0) is 27.9 Å². The van der Waals surface area contributed by atoms with Gasteiger partial charge in [-0.3, -0.25) is 19.1 Å². The van der Waals surface area contributed by atoms with Crippen LogP contribution in [0.4, 0.5) is 0 Å². The molecule has 0 radical (unpaired) electrons. The Labute approximate surface area is 153 Å². The zero-order valence-electron chi connectivity index (χ0n) is 16.0. The first-order valence-corrected chi connectivity index (χ1v) is 8.96. The van der Waals surface area contributed by atoms with Gasteiger partial charge in [0.05, 0.1) is 12.1 Å². The SMILES string of the molecule is CC(=O)N(CC(=O)O)C1CCCN(C(=O)Cc2c(C)nn(C)c2C)CC1. The van der Waals surface area contributed by atoms with Crippen molar-refractivity contribution >= 4 is 17.8 Å². The highest BCUT2D eigenvalue weighted by atomic mass is 16.4. The number of carbonyl (C=O) groups is 3. The van der Waals surface area contributed by atoms with Crippen LogP contribution in [0.15, 0.2) is 0 Å². The van der Waals surface area contributed by atoms with Crippen molar-refractivity contribution in [1.82, 2.24) is 19.6 Å². The highest BCUT2D eigenvalue weighted by Crippen LogP contribution is 2.19. The van der Waals surface area contributed by atoms with Gasteiger partial charge in [-0.1, -0.05) is 0 Å². The van der Waals surface area contributed by atoms with Gasteiger partial charge in [-0.25, -0.2) is 0 Å². The highest BCUT2D eigenvalue weighted by Gasteiger charge is 2.28. The monoisotopic (exact) mass is 364 g/mol. The van der Waals surface area contributed by atoms with Crippen molar-refractivity contribution in [3.8, 4) is 0 Å². The summed E-state index contributed by atoms with van der Waals surface area (Å²) in [6.07, 6.45) is 2.39. The molecule has 144 valence electrons. The van der Waals surface area contributed by atoms with Crippen LogP contribution in [0.1, 0.15) is 43.1 Å². The molecule has 1 aromatic rings. The molecule has 0 aromatic carbocycles. The van der Waals surface area contributed by atoms with Crippen molar-refractivity contribution in [1.29, 1.82) is 0 Å². The summed E-state index contributed by atoms with van der Waals surface area (Å²) in [4.78, 5) is 38.8. The zero-order valence-corrected chi connectivity index (χ0v) is 16.0. The number of carboxylic acid groups (broad SMARTS) is 1. The molecule has 2 rings (SSSR count). The fourth-order valence-electron chi connectivity index (χ4n) is 3.62. The molecular formula is C18H28N4O4. The smallest absolute Gasteiger partial charge is 0.323 e. The number of aryl methyl sites for hydroxylation is 2. The van der Waals surface area contributed by atoms with E-state index in [-0.39, 0.29) is 24.4 Å². The lowest BCUT2D eigenvalue weighted by Gasteiger charge is -2.28. The Balaban J connectivity index is 2.02. The van der Waals surface area contributed by atoms with Crippen LogP contribution < -0.4 is 0 Å². The van der Waals surface area contributed by atoms with Crippen LogP contribution in [0.2, 0.25) is 0 Å². The van der Waals surface area contributed by atoms with Gasteiger partial charge in [-0.05, 0) is 33.1 Å². The third kappa shape index (κ3) is 4.62. The lowest BCUT2D eigenvalue weighted by Crippen LogP contribution is -2.43. The van der Waals surface area contributed by atoms with E-state index in [1.807, 2.05) is 25.8 Å². The molecule has 2 amide bonds. The van der Waals surface area contributed by atoms with Gasteiger partial charge in [-0.2, -0.15) is 5.10 Å². The Bertz CT molecular complexity index is 698. The summed E-state index contributed by atoms with van der Waals surface area (Å²) in [7, 11) is 1.87. The minimum atomic E-state index is -1.01. The average molecular weight is 364 g/mol. The number of likely N-dealkylation sites (tertiary alicyclic amines) is 1. The van der Waals surface area contributed by atoms with Gasteiger partial charge < -0.3 is 14.9 Å². The Morgan fingerprint density at radius 1 is 1.23 bits per heavy atom. The number of nitrogens with zero attached hydrogens (tertiary/aromatic N) is 4. The second kappa shape index (κ2) is 8.33. The third-order valence-electron chi connectivity index (χ3n) is 5.19. The quantitative estimate of drug-likeness (QED) is 0.837. The van der Waals surface area contributed by atoms with Crippen LogP contribution >= 0.6 is 0 Å². The maximum absolute atomic E-state index is 12.7. The lowest BCUT2D eigenvalue weighted by molar-refractivity contribution is -0.145. The molecule has 26 heavy (non-hydrogen) atoms. The van der Waals surface area contributed by atoms with Gasteiger partial charge in [0.2, 0.25) is 11.8 Å². The van der Waals surface area contributed by atoms with E-state index in [9.17, 15) is 14.4 Å². The second-order valence-electron chi connectivity index (χ2n) is 6.96. The first kappa shape index (κ1) is 19.9. The second-order valence-corrected chi connectivity index (χ2v) is 6.96. The predicted octanol–water partition coefficient (Wildman–Crippen LogP) is 0.894. The van der Waals surface area contributed by atoms with Gasteiger partial charge in [0.25, 0.3) is 0 Å². The normalized spacial score (nSPS) is 17.7. The first-order valence-electron chi connectivity index (χ1n) is 8.96. The molecule has 0 spiro atoms. The van der Waals surface area contributed by atoms with E-state index in [1.165, 1.54) is 11.8 Å². The molecule has 1 aromatic heterocycles. The minimum Gasteiger partial charge on any atom is -0.480 e. The number of aliphatic carboxylic acids is 1. The van der Waals surface area contributed by atoms with Gasteiger partial charge in [0.15, 0.2) is 0 Å². The molecule has 8 nitrogen and oxygen atoms in total. The molecule has 0 aliphatic carbocycles. The Kier molecular flexibility index (Phi) is 6.39.